The van der Waals surface area contributed by atoms with Crippen molar-refractivity contribution < 1.29 is 24.0 Å². The summed E-state index contributed by atoms with van der Waals surface area (Å²) in [5, 5.41) is 19.7. The van der Waals surface area contributed by atoms with Gasteiger partial charge in [0.25, 0.3) is 0 Å². The number of carboxylic acids is 1. The van der Waals surface area contributed by atoms with Crippen molar-refractivity contribution in [1.29, 1.82) is 0 Å². The van der Waals surface area contributed by atoms with Crippen LogP contribution in [0.1, 0.15) is 11.5 Å². The number of carbonyl (C=O) groups is 1. The summed E-state index contributed by atoms with van der Waals surface area (Å²) in [6.07, 6.45) is -0.270. The normalized spacial score (nSPS) is 10.4. The predicted octanol–water partition coefficient (Wildman–Crippen LogP) is 2.19. The van der Waals surface area contributed by atoms with Crippen molar-refractivity contribution in [3.05, 3.63) is 39.8 Å². The molecule has 0 saturated carbocycles. The smallest absolute Gasteiger partial charge is 0.311 e. The highest BCUT2D eigenvalue weighted by atomic mass is 16.6. The Labute approximate surface area is 119 Å². The first-order valence-corrected chi connectivity index (χ1v) is 5.93. The number of rotatable bonds is 5. The van der Waals surface area contributed by atoms with Gasteiger partial charge in [0.05, 0.1) is 24.1 Å². The van der Waals surface area contributed by atoms with Gasteiger partial charge in [-0.3, -0.25) is 14.9 Å². The zero-order valence-corrected chi connectivity index (χ0v) is 11.3. The van der Waals surface area contributed by atoms with Crippen LogP contribution in [0.4, 0.5) is 5.69 Å². The lowest BCUT2D eigenvalue weighted by atomic mass is 10.2. The highest BCUT2D eigenvalue weighted by molar-refractivity contribution is 5.70. The number of benzene rings is 1. The van der Waals surface area contributed by atoms with Crippen LogP contribution >= 0.6 is 0 Å². The number of nitro benzene ring substituents is 1. The molecule has 0 spiro atoms. The van der Waals surface area contributed by atoms with Crippen LogP contribution in [0.15, 0.2) is 22.6 Å². The standard InChI is InChI=1S/C13H12N2O6/c1-7-9(6-12(16)17)14-13(21-7)8-3-4-11(20-2)10(5-8)15(18)19/h3-5H,6H2,1-2H3,(H,16,17). The second kappa shape index (κ2) is 5.61. The molecule has 2 rings (SSSR count). The molecule has 21 heavy (non-hydrogen) atoms. The molecule has 2 aromatic rings. The van der Waals surface area contributed by atoms with Crippen LogP contribution in [0.2, 0.25) is 0 Å². The van der Waals surface area contributed by atoms with E-state index in [-0.39, 0.29) is 29.4 Å². The summed E-state index contributed by atoms with van der Waals surface area (Å²) in [5.41, 5.74) is 0.448. The molecule has 8 nitrogen and oxygen atoms in total. The number of methoxy groups -OCH3 is 1. The first-order chi connectivity index (χ1) is 9.92. The fourth-order valence-electron chi connectivity index (χ4n) is 1.82. The topological polar surface area (TPSA) is 116 Å². The Morgan fingerprint density at radius 3 is 2.81 bits per heavy atom. The second-order valence-corrected chi connectivity index (χ2v) is 4.24. The van der Waals surface area contributed by atoms with E-state index in [1.165, 1.54) is 19.2 Å². The van der Waals surface area contributed by atoms with Gasteiger partial charge in [0, 0.05) is 11.6 Å². The zero-order valence-electron chi connectivity index (χ0n) is 11.3. The third-order valence-corrected chi connectivity index (χ3v) is 2.83. The van der Waals surface area contributed by atoms with Crippen LogP contribution in [0, 0.1) is 17.0 Å². The van der Waals surface area contributed by atoms with E-state index in [9.17, 15) is 14.9 Å². The molecule has 8 heteroatoms. The number of aliphatic carboxylic acids is 1. The van der Waals surface area contributed by atoms with Gasteiger partial charge in [-0.1, -0.05) is 0 Å². The molecule has 0 saturated heterocycles. The minimum Gasteiger partial charge on any atom is -0.490 e. The second-order valence-electron chi connectivity index (χ2n) is 4.24. The van der Waals surface area contributed by atoms with E-state index < -0.39 is 10.9 Å². The monoisotopic (exact) mass is 292 g/mol. The van der Waals surface area contributed by atoms with Crippen LogP contribution in [0.3, 0.4) is 0 Å². The minimum atomic E-state index is -1.03. The van der Waals surface area contributed by atoms with Gasteiger partial charge in [-0.25, -0.2) is 4.98 Å². The van der Waals surface area contributed by atoms with Crippen molar-refractivity contribution in [2.75, 3.05) is 7.11 Å². The Bertz CT molecular complexity index is 707. The van der Waals surface area contributed by atoms with E-state index in [0.717, 1.165) is 0 Å². The average molecular weight is 292 g/mol. The highest BCUT2D eigenvalue weighted by Gasteiger charge is 2.19. The number of nitro groups is 1. The van der Waals surface area contributed by atoms with E-state index >= 15 is 0 Å². The quantitative estimate of drug-likeness (QED) is 0.663. The van der Waals surface area contributed by atoms with E-state index in [2.05, 4.69) is 4.98 Å². The van der Waals surface area contributed by atoms with E-state index in [1.54, 1.807) is 13.0 Å². The first kappa shape index (κ1) is 14.5. The number of nitrogens with zero attached hydrogens (tertiary/aromatic N) is 2. The fourth-order valence-corrected chi connectivity index (χ4v) is 1.82. The van der Waals surface area contributed by atoms with Crippen molar-refractivity contribution >= 4 is 11.7 Å². The van der Waals surface area contributed by atoms with Gasteiger partial charge in [-0.2, -0.15) is 0 Å². The molecule has 1 N–H and O–H groups in total. The third-order valence-electron chi connectivity index (χ3n) is 2.83. The Morgan fingerprint density at radius 2 is 2.24 bits per heavy atom. The minimum absolute atomic E-state index is 0.123. The SMILES string of the molecule is COc1ccc(-c2nc(CC(=O)O)c(C)o2)cc1[N+](=O)[O-]. The van der Waals surface area contributed by atoms with Crippen LogP contribution in [-0.2, 0) is 11.2 Å². The molecule has 0 amide bonds. The van der Waals surface area contributed by atoms with Crippen LogP contribution in [0.5, 0.6) is 5.75 Å². The van der Waals surface area contributed by atoms with Crippen molar-refractivity contribution in [2.24, 2.45) is 0 Å². The summed E-state index contributed by atoms with van der Waals surface area (Å²) >= 11 is 0. The molecule has 0 aliphatic rings. The number of hydrogen-bond acceptors (Lipinski definition) is 6. The summed E-state index contributed by atoms with van der Waals surface area (Å²) in [5.74, 6) is -0.406. The maximum Gasteiger partial charge on any atom is 0.311 e. The lowest BCUT2D eigenvalue weighted by Gasteiger charge is -2.02. The number of oxazole rings is 1. The summed E-state index contributed by atoms with van der Waals surface area (Å²) < 4.78 is 10.3. The molecule has 0 unspecified atom stereocenters. The maximum absolute atomic E-state index is 11.0. The number of aromatic nitrogens is 1. The lowest BCUT2D eigenvalue weighted by molar-refractivity contribution is -0.385. The number of ether oxygens (including phenoxy) is 1. The van der Waals surface area contributed by atoms with E-state index in [4.69, 9.17) is 14.3 Å². The Balaban J connectivity index is 2.45. The molecular formula is C13H12N2O6. The van der Waals surface area contributed by atoms with Crippen LogP contribution in [-0.4, -0.2) is 28.1 Å². The predicted molar refractivity (Wildman–Crippen MR) is 71.2 cm³/mol. The van der Waals surface area contributed by atoms with Crippen molar-refractivity contribution in [3.63, 3.8) is 0 Å². The molecule has 1 aromatic heterocycles. The molecular weight excluding hydrogens is 280 g/mol. The third kappa shape index (κ3) is 2.99. The molecule has 1 heterocycles. The Kier molecular flexibility index (Phi) is 3.88. The fraction of sp³-hybridized carbons (Fsp3) is 0.231. The number of aryl methyl sites for hydroxylation is 1. The largest absolute Gasteiger partial charge is 0.490 e. The van der Waals surface area contributed by atoms with Gasteiger partial charge >= 0.3 is 11.7 Å². The van der Waals surface area contributed by atoms with E-state index in [1.807, 2.05) is 0 Å². The summed E-state index contributed by atoms with van der Waals surface area (Å²) in [6.45, 7) is 1.59. The van der Waals surface area contributed by atoms with Gasteiger partial charge in [0.2, 0.25) is 5.89 Å². The molecule has 0 fully saturated rings. The zero-order chi connectivity index (χ0) is 15.6. The van der Waals surface area contributed by atoms with Crippen molar-refractivity contribution in [1.82, 2.24) is 4.98 Å². The summed E-state index contributed by atoms with van der Waals surface area (Å²) in [4.78, 5) is 25.2. The first-order valence-electron chi connectivity index (χ1n) is 5.93. The summed E-state index contributed by atoms with van der Waals surface area (Å²) in [6, 6.07) is 4.26. The molecule has 0 radical (unpaired) electrons. The number of carboxylic acid groups (broad SMARTS) is 1. The molecule has 110 valence electrons. The van der Waals surface area contributed by atoms with Crippen LogP contribution in [0.25, 0.3) is 11.5 Å². The van der Waals surface area contributed by atoms with Gasteiger partial charge in [0.15, 0.2) is 5.75 Å². The van der Waals surface area contributed by atoms with Gasteiger partial charge in [-0.15, -0.1) is 0 Å². The van der Waals surface area contributed by atoms with Gasteiger partial charge in [0.1, 0.15) is 5.76 Å². The molecule has 0 aliphatic heterocycles. The van der Waals surface area contributed by atoms with Crippen molar-refractivity contribution in [2.45, 2.75) is 13.3 Å². The van der Waals surface area contributed by atoms with Gasteiger partial charge < -0.3 is 14.3 Å². The maximum atomic E-state index is 11.0. The lowest BCUT2D eigenvalue weighted by Crippen LogP contribution is -2.01. The van der Waals surface area contributed by atoms with Gasteiger partial charge in [-0.05, 0) is 19.1 Å². The van der Waals surface area contributed by atoms with E-state index in [0.29, 0.717) is 11.3 Å². The average Bonchev–Trinajstić information content (AvgIpc) is 2.78. The highest BCUT2D eigenvalue weighted by Crippen LogP contribution is 2.32. The Morgan fingerprint density at radius 1 is 1.52 bits per heavy atom. The molecule has 0 bridgehead atoms. The number of hydrogen-bond donors (Lipinski definition) is 1. The van der Waals surface area contributed by atoms with Crippen LogP contribution < -0.4 is 4.74 Å². The Hall–Kier alpha value is -2.90. The summed E-state index contributed by atoms with van der Waals surface area (Å²) in [7, 11) is 1.34. The van der Waals surface area contributed by atoms with Crippen molar-refractivity contribution in [3.8, 4) is 17.2 Å². The molecule has 0 aliphatic carbocycles. The molecule has 1 aromatic carbocycles. The molecule has 0 atom stereocenters.